The van der Waals surface area contributed by atoms with Crippen LogP contribution in [0.1, 0.15) is 17.3 Å². The molecular formula is C17H17FN2O. The highest BCUT2D eigenvalue weighted by molar-refractivity contribution is 5.84. The molecule has 2 unspecified atom stereocenters. The molecule has 2 aromatic carbocycles. The molecule has 2 aromatic rings. The largest absolute Gasteiger partial charge is 0.325 e. The Morgan fingerprint density at radius 1 is 1.14 bits per heavy atom. The molecule has 3 nitrogen and oxygen atoms in total. The Kier molecular flexibility index (Phi) is 3.71. The molecule has 0 radical (unpaired) electrons. The average molecular weight is 284 g/mol. The van der Waals surface area contributed by atoms with E-state index >= 15 is 0 Å². The van der Waals surface area contributed by atoms with Crippen molar-refractivity contribution < 1.29 is 9.18 Å². The third-order valence-electron chi connectivity index (χ3n) is 3.84. The Hall–Kier alpha value is -2.20. The van der Waals surface area contributed by atoms with Gasteiger partial charge in [0, 0.05) is 7.05 Å². The van der Waals surface area contributed by atoms with Gasteiger partial charge in [0.1, 0.15) is 12.0 Å². The van der Waals surface area contributed by atoms with Crippen LogP contribution in [0.15, 0.2) is 54.6 Å². The van der Waals surface area contributed by atoms with E-state index in [-0.39, 0.29) is 23.9 Å². The van der Waals surface area contributed by atoms with Crippen LogP contribution in [-0.4, -0.2) is 23.9 Å². The van der Waals surface area contributed by atoms with Crippen molar-refractivity contribution in [3.63, 3.8) is 0 Å². The first kappa shape index (κ1) is 13.8. The maximum Gasteiger partial charge on any atom is 0.241 e. The molecule has 1 N–H and O–H groups in total. The number of rotatable bonds is 3. The molecule has 1 heterocycles. The number of benzene rings is 2. The van der Waals surface area contributed by atoms with Crippen LogP contribution in [0, 0.1) is 5.82 Å². The fourth-order valence-electron chi connectivity index (χ4n) is 2.74. The van der Waals surface area contributed by atoms with Crippen molar-refractivity contribution in [3.8, 4) is 0 Å². The monoisotopic (exact) mass is 284 g/mol. The topological polar surface area (TPSA) is 32.3 Å². The highest BCUT2D eigenvalue weighted by Gasteiger charge is 2.37. The van der Waals surface area contributed by atoms with Crippen molar-refractivity contribution >= 4 is 5.91 Å². The molecule has 1 amide bonds. The van der Waals surface area contributed by atoms with Crippen LogP contribution in [0.25, 0.3) is 0 Å². The van der Waals surface area contributed by atoms with E-state index in [1.165, 1.54) is 12.1 Å². The van der Waals surface area contributed by atoms with Crippen LogP contribution in [0.2, 0.25) is 0 Å². The molecule has 1 fully saturated rings. The summed E-state index contributed by atoms with van der Waals surface area (Å²) in [6, 6.07) is 16.0. The second-order valence-corrected chi connectivity index (χ2v) is 5.32. The van der Waals surface area contributed by atoms with E-state index in [9.17, 15) is 9.18 Å². The lowest BCUT2D eigenvalue weighted by atomic mass is 10.1. The number of nitrogens with one attached hydrogen (secondary N) is 1. The van der Waals surface area contributed by atoms with E-state index in [4.69, 9.17) is 0 Å². The molecule has 0 saturated carbocycles. The van der Waals surface area contributed by atoms with Gasteiger partial charge < -0.3 is 4.90 Å². The Bertz CT molecular complexity index is 644. The molecule has 4 heteroatoms. The van der Waals surface area contributed by atoms with Crippen molar-refractivity contribution in [2.75, 3.05) is 7.05 Å². The second kappa shape index (κ2) is 5.66. The van der Waals surface area contributed by atoms with Gasteiger partial charge in [0.2, 0.25) is 5.91 Å². The van der Waals surface area contributed by atoms with Gasteiger partial charge in [-0.2, -0.15) is 0 Å². The third kappa shape index (κ3) is 2.81. The van der Waals surface area contributed by atoms with Crippen LogP contribution in [-0.2, 0) is 11.2 Å². The van der Waals surface area contributed by atoms with Crippen molar-refractivity contribution in [2.24, 2.45) is 0 Å². The summed E-state index contributed by atoms with van der Waals surface area (Å²) in [5, 5.41) is 3.29. The molecule has 2 atom stereocenters. The fourth-order valence-corrected chi connectivity index (χ4v) is 2.74. The summed E-state index contributed by atoms with van der Waals surface area (Å²) in [6.07, 6.45) is 0.359. The third-order valence-corrected chi connectivity index (χ3v) is 3.84. The highest BCUT2D eigenvalue weighted by atomic mass is 19.1. The van der Waals surface area contributed by atoms with Crippen molar-refractivity contribution in [2.45, 2.75) is 18.6 Å². The zero-order valence-electron chi connectivity index (χ0n) is 11.8. The summed E-state index contributed by atoms with van der Waals surface area (Å²) in [5.74, 6) is -0.255. The Morgan fingerprint density at radius 2 is 1.90 bits per heavy atom. The Morgan fingerprint density at radius 3 is 2.62 bits per heavy atom. The summed E-state index contributed by atoms with van der Waals surface area (Å²) in [4.78, 5) is 14.0. The van der Waals surface area contributed by atoms with Crippen molar-refractivity contribution in [3.05, 3.63) is 71.5 Å². The van der Waals surface area contributed by atoms with E-state index < -0.39 is 0 Å². The summed E-state index contributed by atoms with van der Waals surface area (Å²) >= 11 is 0. The normalized spacial score (nSPS) is 21.8. The van der Waals surface area contributed by atoms with Gasteiger partial charge in [-0.25, -0.2) is 4.39 Å². The number of carbonyl (C=O) groups excluding carboxylic acids is 1. The molecule has 108 valence electrons. The Labute approximate surface area is 123 Å². The van der Waals surface area contributed by atoms with Gasteiger partial charge in [-0.15, -0.1) is 0 Å². The van der Waals surface area contributed by atoms with Gasteiger partial charge in [0.05, 0.1) is 6.04 Å². The number of nitrogens with zero attached hydrogens (tertiary/aromatic N) is 1. The molecule has 1 aliphatic heterocycles. The molecule has 0 aliphatic carbocycles. The lowest BCUT2D eigenvalue weighted by Gasteiger charge is -2.19. The lowest BCUT2D eigenvalue weighted by Crippen LogP contribution is -2.31. The highest BCUT2D eigenvalue weighted by Crippen LogP contribution is 2.25. The number of amides is 1. The SMILES string of the molecule is CN1C(=O)C(Cc2ccccc2)NC1c1cccc(F)c1. The lowest BCUT2D eigenvalue weighted by molar-refractivity contribution is -0.128. The van der Waals surface area contributed by atoms with Crippen molar-refractivity contribution in [1.82, 2.24) is 10.2 Å². The summed E-state index contributed by atoms with van der Waals surface area (Å²) in [5.41, 5.74) is 1.87. The molecule has 1 saturated heterocycles. The summed E-state index contributed by atoms with van der Waals surface area (Å²) in [7, 11) is 1.75. The minimum Gasteiger partial charge on any atom is -0.325 e. The maximum absolute atomic E-state index is 13.4. The number of hydrogen-bond donors (Lipinski definition) is 1. The van der Waals surface area contributed by atoms with Gasteiger partial charge in [0.25, 0.3) is 0 Å². The Balaban J connectivity index is 1.79. The zero-order chi connectivity index (χ0) is 14.8. The predicted molar refractivity (Wildman–Crippen MR) is 79.0 cm³/mol. The molecule has 0 bridgehead atoms. The number of halogens is 1. The zero-order valence-corrected chi connectivity index (χ0v) is 11.8. The molecule has 1 aliphatic rings. The molecular weight excluding hydrogens is 267 g/mol. The first-order chi connectivity index (χ1) is 10.1. The van der Waals surface area contributed by atoms with Crippen LogP contribution in [0.5, 0.6) is 0 Å². The smallest absolute Gasteiger partial charge is 0.241 e. The maximum atomic E-state index is 13.4. The van der Waals surface area contributed by atoms with E-state index in [1.54, 1.807) is 18.0 Å². The van der Waals surface area contributed by atoms with Gasteiger partial charge >= 0.3 is 0 Å². The van der Waals surface area contributed by atoms with E-state index in [2.05, 4.69) is 5.32 Å². The quantitative estimate of drug-likeness (QED) is 0.939. The van der Waals surface area contributed by atoms with Gasteiger partial charge in [-0.3, -0.25) is 10.1 Å². The first-order valence-corrected chi connectivity index (χ1v) is 6.97. The average Bonchev–Trinajstić information content (AvgIpc) is 2.77. The minimum absolute atomic E-state index is 0.0353. The van der Waals surface area contributed by atoms with Gasteiger partial charge in [-0.05, 0) is 29.7 Å². The molecule has 0 spiro atoms. The molecule has 3 rings (SSSR count). The fraction of sp³-hybridized carbons (Fsp3) is 0.235. The minimum atomic E-state index is -0.290. The van der Waals surface area contributed by atoms with E-state index in [0.29, 0.717) is 6.42 Å². The van der Waals surface area contributed by atoms with Crippen molar-refractivity contribution in [1.29, 1.82) is 0 Å². The van der Waals surface area contributed by atoms with Crippen LogP contribution in [0.4, 0.5) is 4.39 Å². The summed E-state index contributed by atoms with van der Waals surface area (Å²) < 4.78 is 13.4. The molecule has 0 aromatic heterocycles. The second-order valence-electron chi connectivity index (χ2n) is 5.32. The molecule has 21 heavy (non-hydrogen) atoms. The number of carbonyl (C=O) groups is 1. The van der Waals surface area contributed by atoms with E-state index in [0.717, 1.165) is 11.1 Å². The predicted octanol–water partition coefficient (Wildman–Crippen LogP) is 2.50. The summed E-state index contributed by atoms with van der Waals surface area (Å²) in [6.45, 7) is 0. The standard InChI is InChI=1S/C17H17FN2O/c1-20-16(13-8-5-9-14(18)11-13)19-15(17(20)21)10-12-6-3-2-4-7-12/h2-9,11,15-16,19H,10H2,1H3. The number of likely N-dealkylation sites (N-methyl/N-ethyl adjacent to an activating group) is 1. The van der Waals surface area contributed by atoms with Gasteiger partial charge in [-0.1, -0.05) is 42.5 Å². The van der Waals surface area contributed by atoms with Crippen LogP contribution in [0.3, 0.4) is 0 Å². The van der Waals surface area contributed by atoms with Crippen LogP contribution < -0.4 is 5.32 Å². The number of hydrogen-bond acceptors (Lipinski definition) is 2. The van der Waals surface area contributed by atoms with Crippen LogP contribution >= 0.6 is 0 Å². The van der Waals surface area contributed by atoms with Gasteiger partial charge in [0.15, 0.2) is 0 Å². The van der Waals surface area contributed by atoms with E-state index in [1.807, 2.05) is 36.4 Å². The first-order valence-electron chi connectivity index (χ1n) is 6.97.